The summed E-state index contributed by atoms with van der Waals surface area (Å²) in [4.78, 5) is 11.0. The van der Waals surface area contributed by atoms with E-state index in [9.17, 15) is 9.90 Å². The van der Waals surface area contributed by atoms with Crippen LogP contribution in [-0.2, 0) is 4.79 Å². The van der Waals surface area contributed by atoms with Gasteiger partial charge in [-0.15, -0.1) is 0 Å². The van der Waals surface area contributed by atoms with Crippen molar-refractivity contribution in [3.8, 4) is 5.75 Å². The molecule has 0 aromatic heterocycles. The average Bonchev–Trinajstić information content (AvgIpc) is 2.83. The average molecular weight is 264 g/mol. The van der Waals surface area contributed by atoms with Gasteiger partial charge in [0, 0.05) is 25.6 Å². The second kappa shape index (κ2) is 7.11. The van der Waals surface area contributed by atoms with Gasteiger partial charge in [-0.1, -0.05) is 18.2 Å². The van der Waals surface area contributed by atoms with E-state index in [2.05, 4.69) is 10.6 Å². The molecule has 3 N–H and O–H groups in total. The van der Waals surface area contributed by atoms with Crippen LogP contribution in [0.4, 0.5) is 0 Å². The van der Waals surface area contributed by atoms with Crippen LogP contribution < -0.4 is 15.4 Å². The fourth-order valence-corrected chi connectivity index (χ4v) is 2.02. The van der Waals surface area contributed by atoms with Gasteiger partial charge < -0.3 is 20.5 Å². The molecule has 0 saturated carbocycles. The number of hydrogen-bond acceptors (Lipinski definition) is 4. The highest BCUT2D eigenvalue weighted by Gasteiger charge is 2.20. The molecule has 1 fully saturated rings. The standard InChI is InChI=1S/C14H20N2O3/c17-12(10-19-13-4-2-1-3-5-13)9-15-8-11-6-7-14(18)16-11/h1-5,11-12,15,17H,6-10H2,(H,16,18). The lowest BCUT2D eigenvalue weighted by Crippen LogP contribution is -2.40. The summed E-state index contributed by atoms with van der Waals surface area (Å²) in [6.07, 6.45) is 0.909. The number of hydrogen-bond donors (Lipinski definition) is 3. The number of ether oxygens (including phenoxy) is 1. The molecule has 1 saturated heterocycles. The predicted octanol–water partition coefficient (Wildman–Crippen LogP) is 0.294. The van der Waals surface area contributed by atoms with E-state index in [4.69, 9.17) is 4.74 Å². The van der Waals surface area contributed by atoms with E-state index < -0.39 is 6.10 Å². The second-order valence-corrected chi connectivity index (χ2v) is 4.74. The molecule has 1 aromatic rings. The molecule has 19 heavy (non-hydrogen) atoms. The minimum atomic E-state index is -0.558. The Morgan fingerprint density at radius 2 is 2.21 bits per heavy atom. The molecule has 2 rings (SSSR count). The van der Waals surface area contributed by atoms with Gasteiger partial charge in [0.05, 0.1) is 0 Å². The van der Waals surface area contributed by atoms with Gasteiger partial charge >= 0.3 is 0 Å². The van der Waals surface area contributed by atoms with Gasteiger partial charge in [-0.2, -0.15) is 0 Å². The van der Waals surface area contributed by atoms with Crippen LogP contribution in [0.1, 0.15) is 12.8 Å². The lowest BCUT2D eigenvalue weighted by atomic mass is 10.2. The number of nitrogens with one attached hydrogen (secondary N) is 2. The first-order valence-corrected chi connectivity index (χ1v) is 6.60. The fourth-order valence-electron chi connectivity index (χ4n) is 2.02. The second-order valence-electron chi connectivity index (χ2n) is 4.74. The number of aliphatic hydroxyl groups is 1. The minimum Gasteiger partial charge on any atom is -0.491 e. The molecule has 1 aliphatic rings. The van der Waals surface area contributed by atoms with Crippen molar-refractivity contribution >= 4 is 5.91 Å². The Balaban J connectivity index is 1.57. The molecule has 0 aliphatic carbocycles. The maximum Gasteiger partial charge on any atom is 0.220 e. The van der Waals surface area contributed by atoms with Crippen molar-refractivity contribution in [2.45, 2.75) is 25.0 Å². The van der Waals surface area contributed by atoms with Crippen molar-refractivity contribution in [2.24, 2.45) is 0 Å². The van der Waals surface area contributed by atoms with Gasteiger partial charge in [0.1, 0.15) is 18.5 Å². The lowest BCUT2D eigenvalue weighted by Gasteiger charge is -2.15. The van der Waals surface area contributed by atoms with Crippen molar-refractivity contribution in [1.29, 1.82) is 0 Å². The summed E-state index contributed by atoms with van der Waals surface area (Å²) in [5.41, 5.74) is 0. The van der Waals surface area contributed by atoms with Gasteiger partial charge in [0.2, 0.25) is 5.91 Å². The van der Waals surface area contributed by atoms with Crippen molar-refractivity contribution in [1.82, 2.24) is 10.6 Å². The number of rotatable bonds is 7. The fraction of sp³-hybridized carbons (Fsp3) is 0.500. The molecule has 5 heteroatoms. The Morgan fingerprint density at radius 1 is 1.42 bits per heavy atom. The molecule has 2 unspecified atom stereocenters. The molecule has 0 radical (unpaired) electrons. The molecule has 0 spiro atoms. The summed E-state index contributed by atoms with van der Waals surface area (Å²) >= 11 is 0. The SMILES string of the molecule is O=C1CCC(CNCC(O)COc2ccccc2)N1. The molecule has 0 bridgehead atoms. The zero-order valence-electron chi connectivity index (χ0n) is 10.8. The largest absolute Gasteiger partial charge is 0.491 e. The molecule has 2 atom stereocenters. The Bertz CT molecular complexity index is 397. The number of carbonyl (C=O) groups excluding carboxylic acids is 1. The normalized spacial score (nSPS) is 20.1. The summed E-state index contributed by atoms with van der Waals surface area (Å²) in [5.74, 6) is 0.865. The first kappa shape index (κ1) is 13.8. The van der Waals surface area contributed by atoms with E-state index in [1.807, 2.05) is 30.3 Å². The molecule has 1 amide bonds. The Labute approximate surface area is 113 Å². The molecular formula is C14H20N2O3. The Morgan fingerprint density at radius 3 is 2.89 bits per heavy atom. The van der Waals surface area contributed by atoms with Gasteiger partial charge in [-0.3, -0.25) is 4.79 Å². The highest BCUT2D eigenvalue weighted by atomic mass is 16.5. The number of amides is 1. The number of para-hydroxylation sites is 1. The molecular weight excluding hydrogens is 244 g/mol. The molecule has 104 valence electrons. The monoisotopic (exact) mass is 264 g/mol. The Kier molecular flexibility index (Phi) is 5.18. The molecule has 1 aliphatic heterocycles. The van der Waals surface area contributed by atoms with Crippen molar-refractivity contribution in [3.05, 3.63) is 30.3 Å². The maximum atomic E-state index is 11.0. The number of aliphatic hydroxyl groups excluding tert-OH is 1. The van der Waals surface area contributed by atoms with Crippen LogP contribution in [0.3, 0.4) is 0 Å². The minimum absolute atomic E-state index is 0.111. The van der Waals surface area contributed by atoms with E-state index in [0.717, 1.165) is 12.2 Å². The van der Waals surface area contributed by atoms with E-state index in [1.54, 1.807) is 0 Å². The number of benzene rings is 1. The van der Waals surface area contributed by atoms with Crippen molar-refractivity contribution < 1.29 is 14.6 Å². The summed E-state index contributed by atoms with van der Waals surface area (Å²) in [6.45, 7) is 1.40. The zero-order valence-corrected chi connectivity index (χ0v) is 10.8. The van der Waals surface area contributed by atoms with E-state index in [0.29, 0.717) is 19.5 Å². The number of carbonyl (C=O) groups is 1. The summed E-state index contributed by atoms with van der Waals surface area (Å²) in [6, 6.07) is 9.60. The van der Waals surface area contributed by atoms with Crippen molar-refractivity contribution in [2.75, 3.05) is 19.7 Å². The summed E-state index contributed by atoms with van der Waals surface area (Å²) in [7, 11) is 0. The van der Waals surface area contributed by atoms with E-state index in [1.165, 1.54) is 0 Å². The highest BCUT2D eigenvalue weighted by molar-refractivity contribution is 5.78. The Hall–Kier alpha value is -1.59. The van der Waals surface area contributed by atoms with Crippen LogP contribution in [0, 0.1) is 0 Å². The van der Waals surface area contributed by atoms with E-state index >= 15 is 0 Å². The third-order valence-electron chi connectivity index (χ3n) is 3.04. The molecule has 1 aromatic carbocycles. The van der Waals surface area contributed by atoms with Crippen LogP contribution in [0.5, 0.6) is 5.75 Å². The maximum absolute atomic E-state index is 11.0. The third-order valence-corrected chi connectivity index (χ3v) is 3.04. The quantitative estimate of drug-likeness (QED) is 0.662. The van der Waals surface area contributed by atoms with Gasteiger partial charge in [0.15, 0.2) is 0 Å². The van der Waals surface area contributed by atoms with Gasteiger partial charge in [-0.05, 0) is 18.6 Å². The predicted molar refractivity (Wildman–Crippen MR) is 72.0 cm³/mol. The van der Waals surface area contributed by atoms with Crippen LogP contribution in [0.2, 0.25) is 0 Å². The smallest absolute Gasteiger partial charge is 0.220 e. The van der Waals surface area contributed by atoms with Crippen molar-refractivity contribution in [3.63, 3.8) is 0 Å². The first-order valence-electron chi connectivity index (χ1n) is 6.60. The lowest BCUT2D eigenvalue weighted by molar-refractivity contribution is -0.119. The molecule has 5 nitrogen and oxygen atoms in total. The summed E-state index contributed by atoms with van der Waals surface area (Å²) in [5, 5.41) is 15.8. The zero-order chi connectivity index (χ0) is 13.5. The van der Waals surface area contributed by atoms with Crippen LogP contribution in [0.25, 0.3) is 0 Å². The van der Waals surface area contributed by atoms with Crippen LogP contribution in [0.15, 0.2) is 30.3 Å². The van der Waals surface area contributed by atoms with Crippen LogP contribution >= 0.6 is 0 Å². The highest BCUT2D eigenvalue weighted by Crippen LogP contribution is 2.08. The summed E-state index contributed by atoms with van der Waals surface area (Å²) < 4.78 is 5.45. The topological polar surface area (TPSA) is 70.6 Å². The first-order chi connectivity index (χ1) is 9.24. The van der Waals surface area contributed by atoms with Gasteiger partial charge in [-0.25, -0.2) is 0 Å². The third kappa shape index (κ3) is 4.89. The van der Waals surface area contributed by atoms with E-state index in [-0.39, 0.29) is 18.6 Å². The van der Waals surface area contributed by atoms with Gasteiger partial charge in [0.25, 0.3) is 0 Å². The van der Waals surface area contributed by atoms with Crippen LogP contribution in [-0.4, -0.2) is 42.9 Å². The molecule has 1 heterocycles.